The Morgan fingerprint density at radius 2 is 0.805 bits per heavy atom. The van der Waals surface area contributed by atoms with Crippen LogP contribution < -0.4 is 0 Å². The fourth-order valence-electron chi connectivity index (χ4n) is 6.53. The summed E-state index contributed by atoms with van der Waals surface area (Å²) < 4.78 is 6.84. The molecular weight excluding hydrogens is 496 g/mol. The number of ether oxygens (including phenoxy) is 1. The van der Waals surface area contributed by atoms with E-state index in [-0.39, 0.29) is 0 Å². The molecule has 2 atom stereocenters. The van der Waals surface area contributed by atoms with Crippen LogP contribution in [0.1, 0.15) is 169 Å². The third-order valence-corrected chi connectivity index (χ3v) is 9.19. The average Bonchev–Trinajstić information content (AvgIpc) is 3.00. The predicted molar refractivity (Wildman–Crippen MR) is 183 cm³/mol. The van der Waals surface area contributed by atoms with Crippen molar-refractivity contribution in [2.75, 3.05) is 0 Å². The van der Waals surface area contributed by atoms with E-state index in [1.54, 1.807) is 0 Å². The lowest BCUT2D eigenvalue weighted by atomic mass is 9.85. The van der Waals surface area contributed by atoms with Crippen molar-refractivity contribution >= 4 is 0 Å². The quantitative estimate of drug-likeness (QED) is 0.106. The summed E-state index contributed by atoms with van der Waals surface area (Å²) in [4.78, 5) is 0. The molecule has 2 unspecified atom stereocenters. The first kappa shape index (κ1) is 35.4. The maximum Gasteiger partial charge on any atom is 0.111 e. The number of hydrogen-bond donors (Lipinski definition) is 0. The molecule has 2 aliphatic carbocycles. The third kappa shape index (κ3) is 14.8. The maximum absolute atomic E-state index is 6.84. The minimum absolute atomic E-state index is 0.387. The van der Waals surface area contributed by atoms with Crippen LogP contribution in [0.3, 0.4) is 0 Å². The van der Waals surface area contributed by atoms with Gasteiger partial charge in [0, 0.05) is 11.8 Å². The summed E-state index contributed by atoms with van der Waals surface area (Å²) in [5.74, 6) is 3.08. The normalized spacial score (nSPS) is 20.6. The van der Waals surface area contributed by atoms with Crippen molar-refractivity contribution in [1.29, 1.82) is 0 Å². The molecule has 2 rings (SSSR count). The molecule has 0 aliphatic heterocycles. The molecule has 0 saturated heterocycles. The topological polar surface area (TPSA) is 9.23 Å². The Morgan fingerprint density at radius 1 is 0.488 bits per heavy atom. The summed E-state index contributed by atoms with van der Waals surface area (Å²) in [7, 11) is 0. The summed E-state index contributed by atoms with van der Waals surface area (Å²) in [6.07, 6.45) is 48.1. The fraction of sp³-hybridized carbons (Fsp3) is 0.700. The highest BCUT2D eigenvalue weighted by atomic mass is 16.5. The molecule has 0 aromatic carbocycles. The second kappa shape index (κ2) is 23.8. The van der Waals surface area contributed by atoms with Crippen LogP contribution >= 0.6 is 0 Å². The molecule has 41 heavy (non-hydrogen) atoms. The number of unbranched alkanes of at least 4 members (excludes halogenated alkanes) is 18. The van der Waals surface area contributed by atoms with Crippen molar-refractivity contribution < 1.29 is 4.74 Å². The van der Waals surface area contributed by atoms with Crippen molar-refractivity contribution in [3.8, 4) is 0 Å². The van der Waals surface area contributed by atoms with Gasteiger partial charge in [0.15, 0.2) is 0 Å². The Kier molecular flexibility index (Phi) is 20.5. The van der Waals surface area contributed by atoms with Crippen LogP contribution in [-0.2, 0) is 4.74 Å². The molecule has 0 saturated carbocycles. The zero-order valence-electron chi connectivity index (χ0n) is 27.7. The molecule has 0 heterocycles. The van der Waals surface area contributed by atoms with E-state index in [4.69, 9.17) is 4.74 Å². The minimum atomic E-state index is 0.387. The van der Waals surface area contributed by atoms with Crippen LogP contribution in [0.15, 0.2) is 71.3 Å². The van der Waals surface area contributed by atoms with Crippen LogP contribution in [0.2, 0.25) is 0 Å². The molecule has 0 amide bonds. The first-order chi connectivity index (χ1) is 20.2. The molecule has 0 aromatic heterocycles. The Hall–Kier alpha value is -1.76. The van der Waals surface area contributed by atoms with Gasteiger partial charge in [-0.3, -0.25) is 0 Å². The first-order valence-electron chi connectivity index (χ1n) is 18.0. The van der Waals surface area contributed by atoms with Crippen LogP contribution in [0, 0.1) is 11.8 Å². The molecule has 2 aliphatic rings. The lowest BCUT2D eigenvalue weighted by Crippen LogP contribution is -2.17. The van der Waals surface area contributed by atoms with Gasteiger partial charge in [0.1, 0.15) is 11.5 Å². The maximum atomic E-state index is 6.84. The van der Waals surface area contributed by atoms with Crippen LogP contribution in [0.5, 0.6) is 0 Å². The first-order valence-corrected chi connectivity index (χ1v) is 18.0. The Bertz CT molecular complexity index is 778. The molecule has 0 spiro atoms. The summed E-state index contributed by atoms with van der Waals surface area (Å²) >= 11 is 0. The molecule has 0 radical (unpaired) electrons. The molecule has 0 N–H and O–H groups in total. The van der Waals surface area contributed by atoms with Crippen LogP contribution in [0.4, 0.5) is 0 Å². The van der Waals surface area contributed by atoms with E-state index in [0.717, 1.165) is 11.5 Å². The lowest BCUT2D eigenvalue weighted by molar-refractivity contribution is 0.224. The zero-order chi connectivity index (χ0) is 29.4. The third-order valence-electron chi connectivity index (χ3n) is 9.19. The van der Waals surface area contributed by atoms with Gasteiger partial charge in [-0.15, -0.1) is 0 Å². The van der Waals surface area contributed by atoms with Gasteiger partial charge in [0.25, 0.3) is 0 Å². The number of hydrogen-bond acceptors (Lipinski definition) is 1. The summed E-state index contributed by atoms with van der Waals surface area (Å²) in [5.41, 5.74) is 2.84. The average molecular weight is 563 g/mol. The van der Waals surface area contributed by atoms with Crippen molar-refractivity contribution in [2.45, 2.75) is 169 Å². The van der Waals surface area contributed by atoms with Gasteiger partial charge >= 0.3 is 0 Å². The van der Waals surface area contributed by atoms with Crippen molar-refractivity contribution in [3.63, 3.8) is 0 Å². The van der Waals surface area contributed by atoms with E-state index < -0.39 is 0 Å². The van der Waals surface area contributed by atoms with E-state index in [1.165, 1.54) is 152 Å². The summed E-state index contributed by atoms with van der Waals surface area (Å²) in [6.45, 7) is 8.96. The molecule has 1 heteroatoms. The molecule has 0 fully saturated rings. The minimum Gasteiger partial charge on any atom is -0.465 e. The summed E-state index contributed by atoms with van der Waals surface area (Å²) in [6, 6.07) is 0. The highest BCUT2D eigenvalue weighted by Gasteiger charge is 2.26. The van der Waals surface area contributed by atoms with Crippen molar-refractivity contribution in [3.05, 3.63) is 71.3 Å². The smallest absolute Gasteiger partial charge is 0.111 e. The van der Waals surface area contributed by atoms with Gasteiger partial charge in [0.2, 0.25) is 0 Å². The fourth-order valence-corrected chi connectivity index (χ4v) is 6.53. The van der Waals surface area contributed by atoms with Gasteiger partial charge in [0.05, 0.1) is 0 Å². The highest BCUT2D eigenvalue weighted by molar-refractivity contribution is 5.39. The van der Waals surface area contributed by atoms with E-state index >= 15 is 0 Å². The van der Waals surface area contributed by atoms with Crippen molar-refractivity contribution in [1.82, 2.24) is 0 Å². The van der Waals surface area contributed by atoms with Gasteiger partial charge in [-0.1, -0.05) is 179 Å². The van der Waals surface area contributed by atoms with Crippen molar-refractivity contribution in [2.24, 2.45) is 11.8 Å². The second-order valence-electron chi connectivity index (χ2n) is 12.6. The number of rotatable bonds is 24. The lowest BCUT2D eigenvalue weighted by Gasteiger charge is -2.30. The second-order valence-corrected chi connectivity index (χ2v) is 12.6. The molecule has 232 valence electrons. The summed E-state index contributed by atoms with van der Waals surface area (Å²) in [5, 5.41) is 0. The zero-order valence-corrected chi connectivity index (χ0v) is 27.7. The SMILES string of the molecule is CC=C1C=CC=C(OC2=CC=CC(=CC)C2CCCCCCCCCCCC)C1CCCCCCCCCCCC. The Morgan fingerprint density at radius 3 is 1.12 bits per heavy atom. The van der Waals surface area contributed by atoms with Gasteiger partial charge in [-0.25, -0.2) is 0 Å². The molecule has 0 aromatic rings. The highest BCUT2D eigenvalue weighted by Crippen LogP contribution is 2.38. The molecule has 0 bridgehead atoms. The van der Waals surface area contributed by atoms with E-state index in [0.29, 0.717) is 11.8 Å². The van der Waals surface area contributed by atoms with Gasteiger partial charge < -0.3 is 4.74 Å². The largest absolute Gasteiger partial charge is 0.465 e. The van der Waals surface area contributed by atoms with E-state index in [1.807, 2.05) is 0 Å². The van der Waals surface area contributed by atoms with E-state index in [2.05, 4.69) is 76.3 Å². The number of allylic oxidation sites excluding steroid dienone is 10. The predicted octanol–water partition coefficient (Wildman–Crippen LogP) is 13.7. The molecular formula is C40H66O. The van der Waals surface area contributed by atoms with Gasteiger partial charge in [-0.2, -0.15) is 0 Å². The van der Waals surface area contributed by atoms with Crippen LogP contribution in [-0.4, -0.2) is 0 Å². The van der Waals surface area contributed by atoms with Crippen LogP contribution in [0.25, 0.3) is 0 Å². The monoisotopic (exact) mass is 563 g/mol. The molecule has 1 nitrogen and oxygen atoms in total. The Balaban J connectivity index is 1.80. The Labute approximate surface area is 256 Å². The van der Waals surface area contributed by atoms with Gasteiger partial charge in [-0.05, 0) is 50.0 Å². The standard InChI is InChI=1S/C40H66O/c1-5-9-11-13-15-17-19-21-23-25-31-37-35(7-3)29-27-33-39(37)41-40-34-28-30-36(8-4)38(40)32-26-24-22-20-18-16-14-12-10-6-2/h7-8,27-30,33-34,37-38H,5-6,9-26,31-32H2,1-4H3. The van der Waals surface area contributed by atoms with E-state index in [9.17, 15) is 0 Å².